The maximum Gasteiger partial charge on any atom is 0.332 e. The summed E-state index contributed by atoms with van der Waals surface area (Å²) >= 11 is 0. The Morgan fingerprint density at radius 1 is 1.27 bits per heavy atom. The van der Waals surface area contributed by atoms with E-state index in [1.807, 2.05) is 0 Å². The minimum absolute atomic E-state index is 0.0635. The van der Waals surface area contributed by atoms with Gasteiger partial charge in [0.15, 0.2) is 0 Å². The molecule has 0 saturated heterocycles. The summed E-state index contributed by atoms with van der Waals surface area (Å²) in [7, 11) is 1.53. The molecule has 0 radical (unpaired) electrons. The van der Waals surface area contributed by atoms with E-state index in [2.05, 4.69) is 0 Å². The third kappa shape index (κ3) is 4.60. The van der Waals surface area contributed by atoms with Gasteiger partial charge in [-0.05, 0) is 26.7 Å². The molecule has 0 saturated carbocycles. The lowest BCUT2D eigenvalue weighted by Gasteiger charge is -2.10. The van der Waals surface area contributed by atoms with E-state index in [1.54, 1.807) is 6.92 Å². The van der Waals surface area contributed by atoms with Crippen LogP contribution in [-0.4, -0.2) is 35.4 Å². The van der Waals surface area contributed by atoms with Gasteiger partial charge >= 0.3 is 11.9 Å². The number of carbonyl (C=O) groups is 2. The predicted molar refractivity (Wildman–Crippen MR) is 53.7 cm³/mol. The summed E-state index contributed by atoms with van der Waals surface area (Å²) in [6.45, 7) is 3.10. The fourth-order valence-electron chi connectivity index (χ4n) is 1.05. The first-order valence-electron chi connectivity index (χ1n) is 4.59. The standard InChI is InChI=1S/C10H16O5/c1-6(15-3)4-5-8(10(13)14)7(2)9(11)12/h6H,4-5H2,1-3H3,(H,11,12)(H,13,14). The summed E-state index contributed by atoms with van der Waals surface area (Å²) in [5, 5.41) is 17.5. The van der Waals surface area contributed by atoms with Crippen LogP contribution in [-0.2, 0) is 14.3 Å². The van der Waals surface area contributed by atoms with Crippen LogP contribution in [0.1, 0.15) is 26.7 Å². The van der Waals surface area contributed by atoms with Gasteiger partial charge in [-0.2, -0.15) is 0 Å². The topological polar surface area (TPSA) is 83.8 Å². The van der Waals surface area contributed by atoms with Crippen molar-refractivity contribution in [3.63, 3.8) is 0 Å². The van der Waals surface area contributed by atoms with Gasteiger partial charge in [-0.25, -0.2) is 9.59 Å². The fraction of sp³-hybridized carbons (Fsp3) is 0.600. The largest absolute Gasteiger partial charge is 0.478 e. The molecule has 5 heteroatoms. The molecule has 1 unspecified atom stereocenters. The highest BCUT2D eigenvalue weighted by molar-refractivity contribution is 5.98. The van der Waals surface area contributed by atoms with E-state index in [-0.39, 0.29) is 23.7 Å². The van der Waals surface area contributed by atoms with E-state index in [0.29, 0.717) is 6.42 Å². The zero-order chi connectivity index (χ0) is 12.0. The first-order valence-corrected chi connectivity index (χ1v) is 4.59. The van der Waals surface area contributed by atoms with Crippen molar-refractivity contribution in [3.8, 4) is 0 Å². The molecule has 0 rings (SSSR count). The van der Waals surface area contributed by atoms with Gasteiger partial charge in [-0.1, -0.05) is 0 Å². The Kier molecular flexibility index (Phi) is 5.62. The van der Waals surface area contributed by atoms with Crippen molar-refractivity contribution in [2.75, 3.05) is 7.11 Å². The molecular weight excluding hydrogens is 200 g/mol. The van der Waals surface area contributed by atoms with E-state index < -0.39 is 11.9 Å². The van der Waals surface area contributed by atoms with Crippen molar-refractivity contribution in [1.82, 2.24) is 0 Å². The molecule has 2 N–H and O–H groups in total. The average molecular weight is 216 g/mol. The van der Waals surface area contributed by atoms with Gasteiger partial charge in [0.1, 0.15) is 0 Å². The van der Waals surface area contributed by atoms with Crippen molar-refractivity contribution < 1.29 is 24.5 Å². The number of methoxy groups -OCH3 is 1. The molecule has 0 aliphatic carbocycles. The number of ether oxygens (including phenoxy) is 1. The van der Waals surface area contributed by atoms with Crippen molar-refractivity contribution in [2.45, 2.75) is 32.8 Å². The second-order valence-electron chi connectivity index (χ2n) is 3.30. The van der Waals surface area contributed by atoms with Crippen LogP contribution in [0.4, 0.5) is 0 Å². The second-order valence-corrected chi connectivity index (χ2v) is 3.30. The molecule has 0 spiro atoms. The second kappa shape index (κ2) is 6.19. The molecule has 0 amide bonds. The van der Waals surface area contributed by atoms with Crippen LogP contribution in [0, 0.1) is 0 Å². The molecule has 0 bridgehead atoms. The Bertz CT molecular complexity index is 280. The Hall–Kier alpha value is -1.36. The lowest BCUT2D eigenvalue weighted by atomic mass is 10.0. The summed E-state index contributed by atoms with van der Waals surface area (Å²) in [5.74, 6) is -2.38. The first kappa shape index (κ1) is 13.6. The van der Waals surface area contributed by atoms with E-state index in [9.17, 15) is 9.59 Å². The van der Waals surface area contributed by atoms with E-state index in [1.165, 1.54) is 14.0 Å². The fourth-order valence-corrected chi connectivity index (χ4v) is 1.05. The van der Waals surface area contributed by atoms with Gasteiger partial charge in [0, 0.05) is 18.3 Å². The molecule has 86 valence electrons. The summed E-state index contributed by atoms with van der Waals surface area (Å²) in [6.07, 6.45) is 0.603. The van der Waals surface area contributed by atoms with Gasteiger partial charge in [0.05, 0.1) is 6.10 Å². The number of hydrogen-bond donors (Lipinski definition) is 2. The summed E-state index contributed by atoms with van der Waals surface area (Å²) in [4.78, 5) is 21.4. The molecule has 0 aromatic rings. The molecular formula is C10H16O5. The quantitative estimate of drug-likeness (QED) is 0.653. The van der Waals surface area contributed by atoms with Crippen LogP contribution in [0.5, 0.6) is 0 Å². The lowest BCUT2D eigenvalue weighted by molar-refractivity contribution is -0.136. The molecule has 1 atom stereocenters. The van der Waals surface area contributed by atoms with Crippen molar-refractivity contribution in [1.29, 1.82) is 0 Å². The van der Waals surface area contributed by atoms with Gasteiger partial charge in [0.25, 0.3) is 0 Å². The smallest absolute Gasteiger partial charge is 0.332 e. The van der Waals surface area contributed by atoms with Crippen LogP contribution < -0.4 is 0 Å². The number of rotatable bonds is 6. The van der Waals surface area contributed by atoms with Crippen LogP contribution in [0.25, 0.3) is 0 Å². The molecule has 5 nitrogen and oxygen atoms in total. The summed E-state index contributed by atoms with van der Waals surface area (Å²) in [6, 6.07) is 0. The number of hydrogen-bond acceptors (Lipinski definition) is 3. The lowest BCUT2D eigenvalue weighted by Crippen LogP contribution is -2.12. The molecule has 0 aromatic heterocycles. The minimum Gasteiger partial charge on any atom is -0.478 e. The van der Waals surface area contributed by atoms with E-state index >= 15 is 0 Å². The maximum absolute atomic E-state index is 10.8. The monoisotopic (exact) mass is 216 g/mol. The highest BCUT2D eigenvalue weighted by atomic mass is 16.5. The van der Waals surface area contributed by atoms with Crippen LogP contribution in [0.2, 0.25) is 0 Å². The average Bonchev–Trinajstić information content (AvgIpc) is 2.16. The van der Waals surface area contributed by atoms with Crippen LogP contribution in [0.3, 0.4) is 0 Å². The van der Waals surface area contributed by atoms with Crippen LogP contribution in [0.15, 0.2) is 11.1 Å². The van der Waals surface area contributed by atoms with Gasteiger partial charge < -0.3 is 14.9 Å². The Morgan fingerprint density at radius 3 is 2.13 bits per heavy atom. The Morgan fingerprint density at radius 2 is 1.80 bits per heavy atom. The third-order valence-electron chi connectivity index (χ3n) is 2.23. The Balaban J connectivity index is 4.63. The summed E-state index contributed by atoms with van der Waals surface area (Å²) < 4.78 is 4.96. The highest BCUT2D eigenvalue weighted by Crippen LogP contribution is 2.14. The first-order chi connectivity index (χ1) is 6.90. The molecule has 15 heavy (non-hydrogen) atoms. The zero-order valence-electron chi connectivity index (χ0n) is 9.11. The SMILES string of the molecule is COC(C)CCC(C(=O)O)=C(C)C(=O)O. The van der Waals surface area contributed by atoms with E-state index in [0.717, 1.165) is 0 Å². The third-order valence-corrected chi connectivity index (χ3v) is 2.23. The van der Waals surface area contributed by atoms with Crippen molar-refractivity contribution in [2.24, 2.45) is 0 Å². The Labute approximate surface area is 88.4 Å². The minimum atomic E-state index is -1.20. The van der Waals surface area contributed by atoms with Crippen molar-refractivity contribution in [3.05, 3.63) is 11.1 Å². The molecule has 0 aromatic carbocycles. The summed E-state index contributed by atoms with van der Waals surface area (Å²) in [5.41, 5.74) is -0.183. The normalized spacial score (nSPS) is 14.3. The molecule has 0 aliphatic heterocycles. The zero-order valence-corrected chi connectivity index (χ0v) is 9.11. The predicted octanol–water partition coefficient (Wildman–Crippen LogP) is 1.29. The van der Waals surface area contributed by atoms with Gasteiger partial charge in [-0.3, -0.25) is 0 Å². The molecule has 0 fully saturated rings. The number of aliphatic carboxylic acids is 2. The molecule has 0 heterocycles. The van der Waals surface area contributed by atoms with Gasteiger partial charge in [-0.15, -0.1) is 0 Å². The van der Waals surface area contributed by atoms with Gasteiger partial charge in [0.2, 0.25) is 0 Å². The van der Waals surface area contributed by atoms with E-state index in [4.69, 9.17) is 14.9 Å². The number of carboxylic acid groups (broad SMARTS) is 2. The highest BCUT2D eigenvalue weighted by Gasteiger charge is 2.16. The molecule has 0 aliphatic rings. The maximum atomic E-state index is 10.8. The number of carboxylic acids is 2. The van der Waals surface area contributed by atoms with Crippen LogP contribution >= 0.6 is 0 Å². The van der Waals surface area contributed by atoms with Crippen molar-refractivity contribution >= 4 is 11.9 Å².